The molecule has 8 heteroatoms. The van der Waals surface area contributed by atoms with Crippen molar-refractivity contribution in [2.75, 3.05) is 19.5 Å². The fourth-order valence-electron chi connectivity index (χ4n) is 3.04. The summed E-state index contributed by atoms with van der Waals surface area (Å²) in [6, 6.07) is 5.88. The summed E-state index contributed by atoms with van der Waals surface area (Å²) in [5.74, 6) is 2.82. The van der Waals surface area contributed by atoms with Crippen molar-refractivity contribution in [1.82, 2.24) is 19.5 Å². The highest BCUT2D eigenvalue weighted by atomic mass is 32.1. The van der Waals surface area contributed by atoms with E-state index in [9.17, 15) is 0 Å². The van der Waals surface area contributed by atoms with Gasteiger partial charge >= 0.3 is 0 Å². The Balaban J connectivity index is 1.71. The minimum atomic E-state index is 0.598. The van der Waals surface area contributed by atoms with Crippen LogP contribution in [0, 0.1) is 13.8 Å². The lowest BCUT2D eigenvalue weighted by Crippen LogP contribution is -2.06. The summed E-state index contributed by atoms with van der Waals surface area (Å²) in [4.78, 5) is 15.8. The quantitative estimate of drug-likeness (QED) is 0.529. The van der Waals surface area contributed by atoms with Gasteiger partial charge in [-0.2, -0.15) is 4.98 Å². The fourth-order valence-corrected chi connectivity index (χ4v) is 4.06. The number of fused-ring (bicyclic) bond motifs is 1. The summed E-state index contributed by atoms with van der Waals surface area (Å²) >= 11 is 1.68. The summed E-state index contributed by atoms with van der Waals surface area (Å²) in [5.41, 5.74) is 2.27. The summed E-state index contributed by atoms with van der Waals surface area (Å²) in [6.07, 6.45) is 5.26. The van der Waals surface area contributed by atoms with E-state index < -0.39 is 0 Å². The van der Waals surface area contributed by atoms with E-state index in [2.05, 4.69) is 24.1 Å². The van der Waals surface area contributed by atoms with E-state index in [1.807, 2.05) is 29.0 Å². The molecule has 0 spiro atoms. The van der Waals surface area contributed by atoms with Gasteiger partial charge in [0.25, 0.3) is 0 Å². The van der Waals surface area contributed by atoms with Crippen molar-refractivity contribution in [2.24, 2.45) is 0 Å². The maximum atomic E-state index is 5.40. The van der Waals surface area contributed by atoms with E-state index in [0.717, 1.165) is 21.6 Å². The zero-order valence-electron chi connectivity index (χ0n) is 16.2. The number of aromatic nitrogens is 4. The molecule has 0 amide bonds. The minimum absolute atomic E-state index is 0.598. The van der Waals surface area contributed by atoms with Crippen LogP contribution in [0.3, 0.4) is 0 Å². The zero-order chi connectivity index (χ0) is 19.7. The number of aryl methyl sites for hydroxylation is 2. The maximum absolute atomic E-state index is 5.40. The van der Waals surface area contributed by atoms with Gasteiger partial charge in [-0.1, -0.05) is 6.07 Å². The molecule has 0 unspecified atom stereocenters. The minimum Gasteiger partial charge on any atom is -0.493 e. The first-order chi connectivity index (χ1) is 13.6. The van der Waals surface area contributed by atoms with E-state index in [4.69, 9.17) is 19.4 Å². The molecule has 4 rings (SSSR count). The average molecular weight is 395 g/mol. The fraction of sp³-hybridized carbons (Fsp3) is 0.250. The highest BCUT2D eigenvalue weighted by Gasteiger charge is 2.15. The maximum Gasteiger partial charge on any atom is 0.238 e. The van der Waals surface area contributed by atoms with Crippen LogP contribution in [-0.4, -0.2) is 33.7 Å². The Morgan fingerprint density at radius 2 is 1.93 bits per heavy atom. The molecule has 7 nitrogen and oxygen atoms in total. The SMILES string of the molecule is COc1ccc(CNc2nc(-n3ccnc3)nc3sc(C)c(C)c23)cc1OC. The molecule has 1 aromatic carbocycles. The molecule has 0 bridgehead atoms. The molecule has 144 valence electrons. The Labute approximate surface area is 167 Å². The third-order valence-electron chi connectivity index (χ3n) is 4.66. The number of rotatable bonds is 6. The van der Waals surface area contributed by atoms with Crippen LogP contribution in [0.5, 0.6) is 11.5 Å². The van der Waals surface area contributed by atoms with Crippen molar-refractivity contribution in [2.45, 2.75) is 20.4 Å². The van der Waals surface area contributed by atoms with Gasteiger partial charge in [-0.05, 0) is 37.1 Å². The van der Waals surface area contributed by atoms with Gasteiger partial charge in [0.05, 0.1) is 19.6 Å². The first kappa shape index (κ1) is 18.2. The third-order valence-corrected chi connectivity index (χ3v) is 5.76. The van der Waals surface area contributed by atoms with Crippen molar-refractivity contribution < 1.29 is 9.47 Å². The summed E-state index contributed by atoms with van der Waals surface area (Å²) in [5, 5.41) is 4.54. The van der Waals surface area contributed by atoms with Crippen molar-refractivity contribution in [3.8, 4) is 17.4 Å². The molecule has 0 aliphatic heterocycles. The number of nitrogens with one attached hydrogen (secondary N) is 1. The number of hydrogen-bond acceptors (Lipinski definition) is 7. The number of nitrogens with zero attached hydrogens (tertiary/aromatic N) is 4. The molecule has 0 saturated heterocycles. The molecule has 0 aliphatic carbocycles. The van der Waals surface area contributed by atoms with E-state index in [1.165, 1.54) is 10.4 Å². The van der Waals surface area contributed by atoms with E-state index in [0.29, 0.717) is 24.0 Å². The molecule has 3 heterocycles. The number of anilines is 1. The van der Waals surface area contributed by atoms with E-state index in [-0.39, 0.29) is 0 Å². The average Bonchev–Trinajstić information content (AvgIpc) is 3.34. The Kier molecular flexibility index (Phi) is 4.87. The summed E-state index contributed by atoms with van der Waals surface area (Å²) in [6.45, 7) is 4.82. The number of ether oxygens (including phenoxy) is 2. The van der Waals surface area contributed by atoms with Crippen LogP contribution in [0.4, 0.5) is 5.82 Å². The highest BCUT2D eigenvalue weighted by Crippen LogP contribution is 2.34. The molecule has 0 atom stereocenters. The van der Waals surface area contributed by atoms with Crippen molar-refractivity contribution in [3.63, 3.8) is 0 Å². The lowest BCUT2D eigenvalue weighted by Gasteiger charge is -2.12. The molecule has 3 aromatic heterocycles. The summed E-state index contributed by atoms with van der Waals surface area (Å²) in [7, 11) is 3.27. The normalized spacial score (nSPS) is 11.0. The predicted molar refractivity (Wildman–Crippen MR) is 111 cm³/mol. The molecule has 0 aliphatic rings. The van der Waals surface area contributed by atoms with Crippen LogP contribution in [0.25, 0.3) is 16.2 Å². The standard InChI is InChI=1S/C20H21N5O2S/c1-12-13(2)28-19-17(12)18(23-20(24-19)25-8-7-21-11-25)22-10-14-5-6-15(26-3)16(9-14)27-4/h5-9,11H,10H2,1-4H3,(H,22,23,24). The second-order valence-electron chi connectivity index (χ2n) is 6.35. The number of hydrogen-bond donors (Lipinski definition) is 1. The molecule has 0 radical (unpaired) electrons. The van der Waals surface area contributed by atoms with Gasteiger partial charge in [0, 0.05) is 23.8 Å². The largest absolute Gasteiger partial charge is 0.493 e. The first-order valence-electron chi connectivity index (χ1n) is 8.81. The lowest BCUT2D eigenvalue weighted by atomic mass is 10.2. The van der Waals surface area contributed by atoms with Crippen LogP contribution in [0.15, 0.2) is 36.9 Å². The number of methoxy groups -OCH3 is 2. The molecule has 4 aromatic rings. The molecular weight excluding hydrogens is 374 g/mol. The second kappa shape index (κ2) is 7.47. The molecule has 1 N–H and O–H groups in total. The topological polar surface area (TPSA) is 74.1 Å². The number of imidazole rings is 1. The van der Waals surface area contributed by atoms with Gasteiger partial charge in [0.15, 0.2) is 11.5 Å². The zero-order valence-corrected chi connectivity index (χ0v) is 17.0. The van der Waals surface area contributed by atoms with Crippen molar-refractivity contribution >= 4 is 27.4 Å². The first-order valence-corrected chi connectivity index (χ1v) is 9.63. The summed E-state index contributed by atoms with van der Waals surface area (Å²) < 4.78 is 12.5. The highest BCUT2D eigenvalue weighted by molar-refractivity contribution is 7.18. The Morgan fingerprint density at radius 3 is 2.64 bits per heavy atom. The van der Waals surface area contributed by atoms with Gasteiger partial charge in [0.1, 0.15) is 17.0 Å². The van der Waals surface area contributed by atoms with Crippen LogP contribution < -0.4 is 14.8 Å². The molecule has 0 fully saturated rings. The molecule has 28 heavy (non-hydrogen) atoms. The van der Waals surface area contributed by atoms with Crippen LogP contribution >= 0.6 is 11.3 Å². The van der Waals surface area contributed by atoms with Crippen molar-refractivity contribution in [3.05, 3.63) is 52.9 Å². The number of thiophene rings is 1. The van der Waals surface area contributed by atoms with E-state index >= 15 is 0 Å². The van der Waals surface area contributed by atoms with Crippen molar-refractivity contribution in [1.29, 1.82) is 0 Å². The lowest BCUT2D eigenvalue weighted by molar-refractivity contribution is 0.354. The van der Waals surface area contributed by atoms with E-state index in [1.54, 1.807) is 38.1 Å². The monoisotopic (exact) mass is 395 g/mol. The van der Waals surface area contributed by atoms with Crippen LogP contribution in [-0.2, 0) is 6.54 Å². The predicted octanol–water partition coefficient (Wildman–Crippen LogP) is 4.12. The van der Waals surface area contributed by atoms with Crippen LogP contribution in [0.2, 0.25) is 0 Å². The van der Waals surface area contributed by atoms with Gasteiger partial charge < -0.3 is 14.8 Å². The second-order valence-corrected chi connectivity index (χ2v) is 7.55. The van der Waals surface area contributed by atoms with Gasteiger partial charge in [-0.25, -0.2) is 9.97 Å². The Morgan fingerprint density at radius 1 is 1.11 bits per heavy atom. The number of benzene rings is 1. The Bertz CT molecular complexity index is 1120. The van der Waals surface area contributed by atoms with Gasteiger partial charge in [0.2, 0.25) is 5.95 Å². The van der Waals surface area contributed by atoms with Gasteiger partial charge in [-0.3, -0.25) is 4.57 Å². The Hall–Kier alpha value is -3.13. The van der Waals surface area contributed by atoms with Gasteiger partial charge in [-0.15, -0.1) is 11.3 Å². The molecule has 0 saturated carbocycles. The third kappa shape index (κ3) is 3.27. The molecular formula is C20H21N5O2S. The van der Waals surface area contributed by atoms with Crippen LogP contribution in [0.1, 0.15) is 16.0 Å². The smallest absolute Gasteiger partial charge is 0.238 e.